The maximum atomic E-state index is 11.7. The minimum atomic E-state index is -1.29. The van der Waals surface area contributed by atoms with Gasteiger partial charge in [0.1, 0.15) is 29.3 Å². The van der Waals surface area contributed by atoms with Crippen molar-refractivity contribution >= 4 is 28.1 Å². The van der Waals surface area contributed by atoms with Crippen LogP contribution in [-0.4, -0.2) is 85.4 Å². The van der Waals surface area contributed by atoms with E-state index in [0.29, 0.717) is 0 Å². The van der Waals surface area contributed by atoms with Crippen LogP contribution in [0.5, 0.6) is 0 Å². The van der Waals surface area contributed by atoms with Crippen molar-refractivity contribution in [1.82, 2.24) is 45.1 Å². The molecule has 5 heterocycles. The van der Waals surface area contributed by atoms with Gasteiger partial charge < -0.3 is 25.8 Å². The number of aliphatic hydroxyl groups excluding tert-OH is 3. The average Bonchev–Trinajstić information content (AvgIpc) is 3.41. The van der Waals surface area contributed by atoms with Gasteiger partial charge in [0.15, 0.2) is 17.4 Å². The van der Waals surface area contributed by atoms with Gasteiger partial charge >= 0.3 is 0 Å². The van der Waals surface area contributed by atoms with Gasteiger partial charge in [-0.3, -0.25) is 19.4 Å². The number of anilines is 1. The zero-order chi connectivity index (χ0) is 20.5. The molecule has 0 unspecified atom stereocenters. The number of aromatic amines is 2. The third kappa shape index (κ3) is 3.38. The van der Waals surface area contributed by atoms with E-state index in [-0.39, 0.29) is 17.1 Å². The van der Waals surface area contributed by atoms with Crippen LogP contribution >= 0.6 is 0 Å². The molecule has 0 amide bonds. The average molecular weight is 404 g/mol. The number of fused-ring (bicyclic) bond motifs is 2. The van der Waals surface area contributed by atoms with Crippen LogP contribution in [0, 0.1) is 0 Å². The number of hydrogen-bond acceptors (Lipinski definition) is 12. The topological polar surface area (TPSA) is 227 Å². The number of nitrogens with two attached hydrogens (primary N) is 1. The Hall–Kier alpha value is -3.53. The molecule has 4 aromatic heterocycles. The van der Waals surface area contributed by atoms with E-state index in [1.165, 1.54) is 10.9 Å². The van der Waals surface area contributed by atoms with Crippen LogP contribution in [-0.2, 0) is 4.74 Å². The predicted octanol–water partition coefficient (Wildman–Crippen LogP) is -2.94. The molecule has 0 bridgehead atoms. The van der Waals surface area contributed by atoms with Gasteiger partial charge in [-0.1, -0.05) is 0 Å². The van der Waals surface area contributed by atoms with Crippen molar-refractivity contribution < 1.29 is 20.1 Å². The first-order valence-electron chi connectivity index (χ1n) is 8.32. The van der Waals surface area contributed by atoms with E-state index >= 15 is 0 Å². The zero-order valence-corrected chi connectivity index (χ0v) is 14.6. The first-order valence-corrected chi connectivity index (χ1v) is 8.32. The Kier molecular flexibility index (Phi) is 4.85. The third-order valence-corrected chi connectivity index (χ3v) is 4.28. The Morgan fingerprint density at radius 1 is 1.28 bits per heavy atom. The summed E-state index contributed by atoms with van der Waals surface area (Å²) in [4.78, 5) is 21.8. The van der Waals surface area contributed by atoms with Crippen LogP contribution in [0.3, 0.4) is 0 Å². The molecule has 15 nitrogen and oxygen atoms in total. The zero-order valence-electron chi connectivity index (χ0n) is 14.6. The Labute approximate surface area is 160 Å². The maximum absolute atomic E-state index is 11.7. The standard InChI is InChI=1S/C10H13N5O5.C4H3N5/c11-10-13-7-4(8(19)14-10)12-2-15(7)9-6(18)5(17)3(1-16)20-9;1-4-3(7-5-1)2-6-9-8-4/h2-3,5-6,9,16-18H,1H2,(H3,11,13,14,19);1-2H,(H,5,7)/t3-,5-,6-,9-;/m1./s1. The summed E-state index contributed by atoms with van der Waals surface area (Å²) in [6.07, 6.45) is -0.0345. The monoisotopic (exact) mass is 404 g/mol. The molecule has 1 aliphatic rings. The summed E-state index contributed by atoms with van der Waals surface area (Å²) >= 11 is 0. The number of hydrogen-bond donors (Lipinski definition) is 6. The first-order chi connectivity index (χ1) is 14.0. The summed E-state index contributed by atoms with van der Waals surface area (Å²) < 4.78 is 6.64. The number of nitrogens with one attached hydrogen (secondary N) is 2. The second-order valence-corrected chi connectivity index (χ2v) is 6.11. The van der Waals surface area contributed by atoms with Gasteiger partial charge in [0, 0.05) is 0 Å². The van der Waals surface area contributed by atoms with Crippen molar-refractivity contribution in [3.63, 3.8) is 0 Å². The van der Waals surface area contributed by atoms with Crippen molar-refractivity contribution in [2.45, 2.75) is 24.5 Å². The van der Waals surface area contributed by atoms with E-state index in [1.54, 1.807) is 12.4 Å². The molecule has 0 spiro atoms. The van der Waals surface area contributed by atoms with Crippen LogP contribution in [0.25, 0.3) is 22.2 Å². The van der Waals surface area contributed by atoms with Gasteiger partial charge in [-0.25, -0.2) is 4.98 Å². The number of imidazole rings is 1. The van der Waals surface area contributed by atoms with Crippen LogP contribution in [0.15, 0.2) is 23.5 Å². The molecule has 1 fully saturated rings. The van der Waals surface area contributed by atoms with E-state index in [2.05, 4.69) is 40.6 Å². The van der Waals surface area contributed by atoms with E-state index in [0.717, 1.165) is 11.0 Å². The van der Waals surface area contributed by atoms with E-state index in [4.69, 9.17) is 15.6 Å². The second-order valence-electron chi connectivity index (χ2n) is 6.11. The number of ether oxygens (including phenoxy) is 1. The highest BCUT2D eigenvalue weighted by Crippen LogP contribution is 2.30. The van der Waals surface area contributed by atoms with Crippen LogP contribution in [0.4, 0.5) is 5.95 Å². The lowest BCUT2D eigenvalue weighted by atomic mass is 10.1. The highest BCUT2D eigenvalue weighted by atomic mass is 16.6. The molecule has 152 valence electrons. The van der Waals surface area contributed by atoms with E-state index in [1.807, 2.05) is 0 Å². The second kappa shape index (κ2) is 7.47. The highest BCUT2D eigenvalue weighted by Gasteiger charge is 2.44. The summed E-state index contributed by atoms with van der Waals surface area (Å²) in [5.74, 6) is -0.101. The lowest BCUT2D eigenvalue weighted by Gasteiger charge is -2.16. The summed E-state index contributed by atoms with van der Waals surface area (Å²) in [6.45, 7) is -0.447. The summed E-state index contributed by atoms with van der Waals surface area (Å²) in [5, 5.41) is 45.8. The number of rotatable bonds is 2. The Balaban J connectivity index is 0.000000188. The molecule has 29 heavy (non-hydrogen) atoms. The van der Waals surface area contributed by atoms with Gasteiger partial charge in [0.05, 0.1) is 25.3 Å². The molecule has 5 rings (SSSR count). The van der Waals surface area contributed by atoms with Crippen molar-refractivity contribution in [3.05, 3.63) is 29.1 Å². The normalized spacial score (nSPS) is 24.0. The maximum Gasteiger partial charge on any atom is 0.280 e. The van der Waals surface area contributed by atoms with Crippen molar-refractivity contribution in [2.75, 3.05) is 12.3 Å². The SMILES string of the molecule is Nc1nc2c(ncn2[C@@H]2O[C@H](CO)[C@@H](O)[C@H]2O)c(=O)[nH]1.c1n[nH]c2cnnnc12. The number of nitrogen functional groups attached to an aromatic ring is 1. The largest absolute Gasteiger partial charge is 0.394 e. The Bertz CT molecular complexity index is 1160. The molecule has 1 saturated heterocycles. The molecule has 0 saturated carbocycles. The smallest absolute Gasteiger partial charge is 0.280 e. The van der Waals surface area contributed by atoms with Gasteiger partial charge in [0.25, 0.3) is 5.56 Å². The van der Waals surface area contributed by atoms with Crippen molar-refractivity contribution in [2.24, 2.45) is 0 Å². The fourth-order valence-electron chi connectivity index (χ4n) is 2.86. The molecule has 0 aliphatic carbocycles. The van der Waals surface area contributed by atoms with Gasteiger partial charge in [0.2, 0.25) is 5.95 Å². The molecule has 15 heteroatoms. The lowest BCUT2D eigenvalue weighted by Crippen LogP contribution is -2.33. The predicted molar refractivity (Wildman–Crippen MR) is 95.0 cm³/mol. The van der Waals surface area contributed by atoms with Gasteiger partial charge in [-0.2, -0.15) is 10.1 Å². The number of nitrogens with zero attached hydrogens (tertiary/aromatic N) is 7. The summed E-state index contributed by atoms with van der Waals surface area (Å²) in [6, 6.07) is 0. The van der Waals surface area contributed by atoms with Gasteiger partial charge in [-0.15, -0.1) is 10.2 Å². The fraction of sp³-hybridized carbons (Fsp3) is 0.357. The van der Waals surface area contributed by atoms with Crippen molar-refractivity contribution in [3.8, 4) is 0 Å². The first kappa shape index (κ1) is 18.8. The molecule has 7 N–H and O–H groups in total. The Morgan fingerprint density at radius 3 is 2.83 bits per heavy atom. The van der Waals surface area contributed by atoms with Crippen LogP contribution < -0.4 is 11.3 Å². The lowest BCUT2D eigenvalue weighted by molar-refractivity contribution is -0.0511. The Morgan fingerprint density at radius 2 is 2.10 bits per heavy atom. The highest BCUT2D eigenvalue weighted by molar-refractivity contribution is 5.71. The number of H-pyrrole nitrogens is 2. The minimum absolute atomic E-state index is 0.0388. The molecule has 0 aromatic carbocycles. The number of aliphatic hydroxyl groups is 3. The summed E-state index contributed by atoms with van der Waals surface area (Å²) in [5.41, 5.74) is 6.67. The molecule has 1 aliphatic heterocycles. The van der Waals surface area contributed by atoms with Crippen molar-refractivity contribution in [1.29, 1.82) is 0 Å². The quantitative estimate of drug-likeness (QED) is 0.197. The van der Waals surface area contributed by atoms with Gasteiger partial charge in [-0.05, 0) is 5.21 Å². The van der Waals surface area contributed by atoms with Crippen LogP contribution in [0.2, 0.25) is 0 Å². The third-order valence-electron chi connectivity index (χ3n) is 4.28. The van der Waals surface area contributed by atoms with E-state index in [9.17, 15) is 15.0 Å². The van der Waals surface area contributed by atoms with Crippen LogP contribution in [0.1, 0.15) is 6.23 Å². The summed E-state index contributed by atoms with van der Waals surface area (Å²) in [7, 11) is 0. The minimum Gasteiger partial charge on any atom is -0.394 e. The molecular formula is C14H16N10O5. The molecule has 4 aromatic rings. The number of aromatic nitrogens is 9. The fourth-order valence-corrected chi connectivity index (χ4v) is 2.86. The van der Waals surface area contributed by atoms with E-state index < -0.39 is 36.7 Å². The molecule has 4 atom stereocenters. The molecule has 0 radical (unpaired) electrons. The molecular weight excluding hydrogens is 388 g/mol.